The third-order valence-electron chi connectivity index (χ3n) is 3.48. The highest BCUT2D eigenvalue weighted by molar-refractivity contribution is 6.00. The number of likely N-dealkylation sites (N-methyl/N-ethyl adjacent to an activating group) is 1. The minimum Gasteiger partial charge on any atom is -0.494 e. The van der Waals surface area contributed by atoms with Crippen LogP contribution in [0.4, 0.5) is 0 Å². The number of hydrogen-bond donors (Lipinski definition) is 0. The number of nitrogens with zero attached hydrogens (tertiary/aromatic N) is 1. The second-order valence-corrected chi connectivity index (χ2v) is 5.36. The second kappa shape index (κ2) is 7.25. The first kappa shape index (κ1) is 14.8. The van der Waals surface area contributed by atoms with Crippen LogP contribution in [0.3, 0.4) is 0 Å². The molecule has 0 aromatic heterocycles. The van der Waals surface area contributed by atoms with Crippen molar-refractivity contribution in [1.29, 1.82) is 0 Å². The number of ether oxygens (including phenoxy) is 1. The summed E-state index contributed by atoms with van der Waals surface area (Å²) in [5, 5.41) is 0. The van der Waals surface area contributed by atoms with E-state index in [1.807, 2.05) is 37.4 Å². The summed E-state index contributed by atoms with van der Waals surface area (Å²) in [6, 6.07) is 7.96. The van der Waals surface area contributed by atoms with Crippen LogP contribution in [0.25, 0.3) is 6.08 Å². The minimum atomic E-state index is 0.264. The average Bonchev–Trinajstić information content (AvgIpc) is 2.44. The molecule has 3 nitrogen and oxygen atoms in total. The molecule has 1 aromatic carbocycles. The van der Waals surface area contributed by atoms with Crippen molar-refractivity contribution in [2.24, 2.45) is 0 Å². The predicted octanol–water partition coefficient (Wildman–Crippen LogP) is 3.15. The Labute approximate surface area is 121 Å². The molecule has 0 saturated carbocycles. The fraction of sp³-hybridized carbons (Fsp3) is 0.471. The van der Waals surface area contributed by atoms with E-state index in [-0.39, 0.29) is 5.78 Å². The summed E-state index contributed by atoms with van der Waals surface area (Å²) >= 11 is 0. The maximum Gasteiger partial charge on any atom is 0.161 e. The summed E-state index contributed by atoms with van der Waals surface area (Å²) < 4.78 is 5.70. The lowest BCUT2D eigenvalue weighted by Gasteiger charge is -2.23. The van der Waals surface area contributed by atoms with Gasteiger partial charge in [0.2, 0.25) is 0 Å². The Hall–Kier alpha value is -1.61. The van der Waals surface area contributed by atoms with Gasteiger partial charge in [-0.1, -0.05) is 25.5 Å². The smallest absolute Gasteiger partial charge is 0.161 e. The molecule has 0 radical (unpaired) electrons. The number of piperidine rings is 1. The summed E-state index contributed by atoms with van der Waals surface area (Å²) in [5.41, 5.74) is 1.93. The molecule has 0 atom stereocenters. The highest BCUT2D eigenvalue weighted by Gasteiger charge is 2.18. The monoisotopic (exact) mass is 273 g/mol. The van der Waals surface area contributed by atoms with E-state index < -0.39 is 0 Å². The van der Waals surface area contributed by atoms with Crippen LogP contribution in [0.2, 0.25) is 0 Å². The zero-order valence-corrected chi connectivity index (χ0v) is 12.4. The fourth-order valence-electron chi connectivity index (χ4n) is 2.27. The van der Waals surface area contributed by atoms with Gasteiger partial charge in [-0.25, -0.2) is 0 Å². The van der Waals surface area contributed by atoms with Gasteiger partial charge in [0.05, 0.1) is 6.61 Å². The van der Waals surface area contributed by atoms with Crippen LogP contribution in [0, 0.1) is 0 Å². The molecule has 0 N–H and O–H groups in total. The van der Waals surface area contributed by atoms with Gasteiger partial charge in [-0.3, -0.25) is 4.79 Å². The summed E-state index contributed by atoms with van der Waals surface area (Å²) in [7, 11) is 2.05. The van der Waals surface area contributed by atoms with Gasteiger partial charge in [0.15, 0.2) is 5.78 Å². The molecule has 1 aliphatic rings. The molecule has 0 aliphatic carbocycles. The maximum absolute atomic E-state index is 11.9. The molecule has 0 amide bonds. The van der Waals surface area contributed by atoms with Gasteiger partial charge >= 0.3 is 0 Å². The highest BCUT2D eigenvalue weighted by atomic mass is 16.5. The first-order valence-corrected chi connectivity index (χ1v) is 7.34. The minimum absolute atomic E-state index is 0.264. The number of hydrogen-bond acceptors (Lipinski definition) is 3. The number of benzene rings is 1. The maximum atomic E-state index is 11.9. The zero-order chi connectivity index (χ0) is 14.4. The van der Waals surface area contributed by atoms with E-state index in [0.717, 1.165) is 49.4 Å². The fourth-order valence-corrected chi connectivity index (χ4v) is 2.27. The van der Waals surface area contributed by atoms with Gasteiger partial charge in [-0.05, 0) is 37.2 Å². The Balaban J connectivity index is 2.08. The van der Waals surface area contributed by atoms with Crippen molar-refractivity contribution in [1.82, 2.24) is 4.90 Å². The summed E-state index contributed by atoms with van der Waals surface area (Å²) in [5.74, 6) is 1.14. The predicted molar refractivity (Wildman–Crippen MR) is 81.9 cm³/mol. The van der Waals surface area contributed by atoms with Crippen LogP contribution in [-0.4, -0.2) is 37.4 Å². The van der Waals surface area contributed by atoms with E-state index in [1.54, 1.807) is 0 Å². The highest BCUT2D eigenvalue weighted by Crippen LogP contribution is 2.19. The van der Waals surface area contributed by atoms with Crippen LogP contribution < -0.4 is 4.74 Å². The molecule has 1 aromatic rings. The SMILES string of the molecule is CCCCOc1cccc(/C=C2\CN(C)CCC2=O)c1. The molecule has 0 spiro atoms. The number of carbonyl (C=O) groups is 1. The van der Waals surface area contributed by atoms with E-state index in [4.69, 9.17) is 4.74 Å². The topological polar surface area (TPSA) is 29.5 Å². The van der Waals surface area contributed by atoms with Crippen LogP contribution in [0.5, 0.6) is 5.75 Å². The lowest BCUT2D eigenvalue weighted by Crippen LogP contribution is -2.32. The molecule has 3 heteroatoms. The average molecular weight is 273 g/mol. The van der Waals surface area contributed by atoms with Crippen molar-refractivity contribution in [2.75, 3.05) is 26.7 Å². The molecule has 1 heterocycles. The van der Waals surface area contributed by atoms with Crippen LogP contribution in [0.1, 0.15) is 31.7 Å². The Morgan fingerprint density at radius 2 is 2.25 bits per heavy atom. The number of likely N-dealkylation sites (tertiary alicyclic amines) is 1. The van der Waals surface area contributed by atoms with Crippen LogP contribution >= 0.6 is 0 Å². The van der Waals surface area contributed by atoms with Gasteiger partial charge in [-0.2, -0.15) is 0 Å². The second-order valence-electron chi connectivity index (χ2n) is 5.36. The standard InChI is InChI=1S/C17H23NO2/c1-3-4-10-20-16-7-5-6-14(12-16)11-15-13-18(2)9-8-17(15)19/h5-7,11-12H,3-4,8-10,13H2,1-2H3/b15-11+. The van der Waals surface area contributed by atoms with E-state index in [2.05, 4.69) is 11.8 Å². The summed E-state index contributed by atoms with van der Waals surface area (Å²) in [6.07, 6.45) is 4.80. The van der Waals surface area contributed by atoms with E-state index >= 15 is 0 Å². The van der Waals surface area contributed by atoms with Crippen molar-refractivity contribution < 1.29 is 9.53 Å². The zero-order valence-electron chi connectivity index (χ0n) is 12.4. The lowest BCUT2D eigenvalue weighted by atomic mass is 10.0. The number of rotatable bonds is 5. The Bertz CT molecular complexity index is 494. The normalized spacial score (nSPS) is 18.5. The summed E-state index contributed by atoms with van der Waals surface area (Å²) in [6.45, 7) is 4.49. The largest absolute Gasteiger partial charge is 0.494 e. The van der Waals surface area contributed by atoms with Gasteiger partial charge in [-0.15, -0.1) is 0 Å². The molecule has 0 unspecified atom stereocenters. The molecule has 2 rings (SSSR count). The molecule has 108 valence electrons. The number of unbranched alkanes of at least 4 members (excludes halogenated alkanes) is 1. The first-order valence-electron chi connectivity index (χ1n) is 7.34. The van der Waals surface area contributed by atoms with Crippen molar-refractivity contribution in [3.05, 3.63) is 35.4 Å². The molecular formula is C17H23NO2. The Kier molecular flexibility index (Phi) is 5.36. The number of Topliss-reactive ketones (excluding diaryl/α,β-unsaturated/α-hetero) is 1. The van der Waals surface area contributed by atoms with Crippen LogP contribution in [0.15, 0.2) is 29.8 Å². The van der Waals surface area contributed by atoms with E-state index in [9.17, 15) is 4.79 Å². The third-order valence-corrected chi connectivity index (χ3v) is 3.48. The van der Waals surface area contributed by atoms with Gasteiger partial charge in [0.1, 0.15) is 5.75 Å². The Morgan fingerprint density at radius 3 is 3.05 bits per heavy atom. The van der Waals surface area contributed by atoms with Crippen molar-refractivity contribution in [2.45, 2.75) is 26.2 Å². The molecular weight excluding hydrogens is 250 g/mol. The molecule has 0 bridgehead atoms. The third kappa shape index (κ3) is 4.20. The van der Waals surface area contributed by atoms with Crippen molar-refractivity contribution in [3.8, 4) is 5.75 Å². The van der Waals surface area contributed by atoms with Crippen molar-refractivity contribution >= 4 is 11.9 Å². The Morgan fingerprint density at radius 1 is 1.40 bits per heavy atom. The van der Waals surface area contributed by atoms with E-state index in [0.29, 0.717) is 6.42 Å². The molecule has 20 heavy (non-hydrogen) atoms. The van der Waals surface area contributed by atoms with E-state index in [1.165, 1.54) is 0 Å². The van der Waals surface area contributed by atoms with Gasteiger partial charge < -0.3 is 9.64 Å². The van der Waals surface area contributed by atoms with Crippen LogP contribution in [-0.2, 0) is 4.79 Å². The number of ketones is 1. The quantitative estimate of drug-likeness (QED) is 0.609. The molecule has 1 fully saturated rings. The first-order chi connectivity index (χ1) is 9.69. The summed E-state index contributed by atoms with van der Waals surface area (Å²) in [4.78, 5) is 14.1. The van der Waals surface area contributed by atoms with Gasteiger partial charge in [0.25, 0.3) is 0 Å². The lowest BCUT2D eigenvalue weighted by molar-refractivity contribution is -0.117. The molecule has 1 saturated heterocycles. The number of carbonyl (C=O) groups excluding carboxylic acids is 1. The van der Waals surface area contributed by atoms with Gasteiger partial charge in [0, 0.05) is 25.1 Å². The van der Waals surface area contributed by atoms with Crippen molar-refractivity contribution in [3.63, 3.8) is 0 Å². The molecule has 1 aliphatic heterocycles.